The van der Waals surface area contributed by atoms with Gasteiger partial charge in [0.2, 0.25) is 0 Å². The molecule has 254 valence electrons. The van der Waals surface area contributed by atoms with Crippen molar-refractivity contribution in [1.82, 2.24) is 19.1 Å². The molecule has 6 nitrogen and oxygen atoms in total. The molecule has 0 spiro atoms. The molecule has 0 atom stereocenters. The second kappa shape index (κ2) is 12.3. The Bertz CT molecular complexity index is 2400. The largest absolute Gasteiger partial charge is 0.458 e. The van der Waals surface area contributed by atoms with Crippen molar-refractivity contribution in [3.63, 3.8) is 0 Å². The zero-order valence-corrected chi connectivity index (χ0v) is 30.5. The predicted octanol–water partition coefficient (Wildman–Crippen LogP) is 10.4. The lowest BCUT2D eigenvalue weighted by atomic mass is 9.80. The lowest BCUT2D eigenvalue weighted by Crippen LogP contribution is -2.30. The van der Waals surface area contributed by atoms with Crippen molar-refractivity contribution in [3.05, 3.63) is 133 Å². The number of rotatable bonds is 6. The number of pyridine rings is 2. The topological polar surface area (TPSA) is 48.8 Å². The van der Waals surface area contributed by atoms with Crippen molar-refractivity contribution in [2.75, 3.05) is 0 Å². The molecule has 0 amide bonds. The Hall–Kier alpha value is -5.23. The van der Waals surface area contributed by atoms with Crippen molar-refractivity contribution in [1.29, 1.82) is 0 Å². The van der Waals surface area contributed by atoms with Gasteiger partial charge in [-0.25, -0.2) is 4.98 Å². The smallest absolute Gasteiger partial charge is 0.270 e. The summed E-state index contributed by atoms with van der Waals surface area (Å²) in [7, 11) is 0. The number of para-hydroxylation sites is 1. The van der Waals surface area contributed by atoms with E-state index in [-0.39, 0.29) is 10.8 Å². The number of ether oxygens (including phenoxy) is 1. The van der Waals surface area contributed by atoms with Crippen LogP contribution in [0.25, 0.3) is 39.1 Å². The lowest BCUT2D eigenvalue weighted by Gasteiger charge is -2.26. The third-order valence-electron chi connectivity index (χ3n) is 8.85. The molecule has 4 heterocycles. The monoisotopic (exact) mass is 663 g/mol. The average molecular weight is 664 g/mol. The molecule has 0 bridgehead atoms. The van der Waals surface area contributed by atoms with Crippen molar-refractivity contribution >= 4 is 21.8 Å². The fourth-order valence-electron chi connectivity index (χ4n) is 6.25. The minimum absolute atomic E-state index is 0.00629. The number of benzene rings is 3. The zero-order valence-electron chi connectivity index (χ0n) is 32.5. The van der Waals surface area contributed by atoms with Crippen LogP contribution in [-0.2, 0) is 17.2 Å². The molecular weight excluding hydrogens is 615 g/mol. The van der Waals surface area contributed by atoms with Crippen LogP contribution in [0.3, 0.4) is 0 Å². The van der Waals surface area contributed by atoms with Gasteiger partial charge in [-0.05, 0) is 87.8 Å². The number of nitrogens with zero attached hydrogens (tertiary/aromatic N) is 5. The molecule has 50 heavy (non-hydrogen) atoms. The lowest BCUT2D eigenvalue weighted by molar-refractivity contribution is -0.599. The van der Waals surface area contributed by atoms with E-state index in [4.69, 9.17) is 12.5 Å². The summed E-state index contributed by atoms with van der Waals surface area (Å²) in [6.07, 6.45) is 9.31. The molecule has 0 aliphatic rings. The van der Waals surface area contributed by atoms with Crippen molar-refractivity contribution < 1.29 is 12.0 Å². The van der Waals surface area contributed by atoms with Crippen LogP contribution >= 0.6 is 0 Å². The van der Waals surface area contributed by atoms with Gasteiger partial charge < -0.3 is 4.74 Å². The van der Waals surface area contributed by atoms with E-state index in [1.54, 1.807) is 18.5 Å². The summed E-state index contributed by atoms with van der Waals surface area (Å²) in [4.78, 5) is 9.38. The Balaban J connectivity index is 1.24. The van der Waals surface area contributed by atoms with E-state index in [1.165, 1.54) is 11.1 Å². The van der Waals surface area contributed by atoms with E-state index in [9.17, 15) is 0 Å². The van der Waals surface area contributed by atoms with E-state index < -0.39 is 11.8 Å². The molecule has 3 aromatic carbocycles. The summed E-state index contributed by atoms with van der Waals surface area (Å²) >= 11 is 0. The number of hydrogen-bond acceptors (Lipinski definition) is 3. The molecule has 0 saturated heterocycles. The normalized spacial score (nSPS) is 13.5. The number of fused-ring (bicyclic) bond motifs is 3. The maximum Gasteiger partial charge on any atom is 0.270 e. The predicted molar refractivity (Wildman–Crippen MR) is 203 cm³/mol. The summed E-state index contributed by atoms with van der Waals surface area (Å²) in [5.41, 5.74) is 5.53. The summed E-state index contributed by atoms with van der Waals surface area (Å²) < 4.78 is 30.3. The van der Waals surface area contributed by atoms with Gasteiger partial charge in [-0.15, -0.1) is 0 Å². The Kier molecular flexibility index (Phi) is 7.56. The molecule has 0 fully saturated rings. The molecule has 7 aromatic rings. The summed E-state index contributed by atoms with van der Waals surface area (Å²) in [6.45, 7) is 19.2. The highest BCUT2D eigenvalue weighted by molar-refractivity contribution is 6.09. The Morgan fingerprint density at radius 3 is 2.08 bits per heavy atom. The second-order valence-electron chi connectivity index (χ2n) is 16.2. The summed E-state index contributed by atoms with van der Waals surface area (Å²) in [5, 5.41) is 2.14. The Morgan fingerprint density at radius 2 is 1.36 bits per heavy atom. The maximum absolute atomic E-state index is 8.91. The van der Waals surface area contributed by atoms with Gasteiger partial charge in [0.15, 0.2) is 5.82 Å². The standard InChI is InChI=1S/C44H47N5O/c1-42(2,3)28-30-16-18-46-41(22-30)49-38-13-11-10-12-36(38)37-15-14-34(26-39(37)49)50-35-17-19-45-40(27-35)48-21-20-47(29-48)33-24-31(43(4,5)6)23-32(25-33)44(7,8)9/h10-27H,28H2,1-9H3/i28D2. The quantitative estimate of drug-likeness (QED) is 0.131. The molecule has 0 aliphatic heterocycles. The van der Waals surface area contributed by atoms with Crippen LogP contribution < -0.4 is 9.30 Å². The first-order valence-electron chi connectivity index (χ1n) is 18.2. The van der Waals surface area contributed by atoms with Gasteiger partial charge in [0.05, 0.1) is 16.7 Å². The fraction of sp³-hybridized carbons (Fsp3) is 0.295. The van der Waals surface area contributed by atoms with Crippen LogP contribution in [0.2, 0.25) is 0 Å². The SMILES string of the molecule is [2H]C([2H])(c1ccnc(-n2c3ccccc3c3ccc(Oc4ccnc(-n5[c-][n+](-c6cc(C(C)(C)C)cc(C(C)(C)C)c6)cc5)c4)cc32)c1)C(C)(C)C. The van der Waals surface area contributed by atoms with E-state index in [0.717, 1.165) is 27.5 Å². The Morgan fingerprint density at radius 1 is 0.700 bits per heavy atom. The number of imidazole rings is 1. The molecule has 0 aliphatic carbocycles. The first-order valence-corrected chi connectivity index (χ1v) is 17.2. The van der Waals surface area contributed by atoms with Gasteiger partial charge >= 0.3 is 0 Å². The minimum atomic E-state index is -1.56. The van der Waals surface area contributed by atoms with Gasteiger partial charge in [0.25, 0.3) is 6.33 Å². The van der Waals surface area contributed by atoms with Crippen LogP contribution in [0, 0.1) is 11.7 Å². The van der Waals surface area contributed by atoms with Crippen molar-refractivity contribution in [2.45, 2.75) is 79.5 Å². The second-order valence-corrected chi connectivity index (χ2v) is 16.2. The molecule has 0 saturated carbocycles. The summed E-state index contributed by atoms with van der Waals surface area (Å²) in [5.74, 6) is 2.64. The molecule has 7 rings (SSSR count). The average Bonchev–Trinajstić information content (AvgIpc) is 3.71. The van der Waals surface area contributed by atoms with E-state index >= 15 is 0 Å². The Labute approximate surface area is 298 Å². The van der Waals surface area contributed by atoms with Crippen LogP contribution in [0.4, 0.5) is 0 Å². The zero-order chi connectivity index (χ0) is 37.2. The summed E-state index contributed by atoms with van der Waals surface area (Å²) in [6, 6.07) is 28.5. The fourth-order valence-corrected chi connectivity index (χ4v) is 6.25. The van der Waals surface area contributed by atoms with E-state index in [1.807, 2.05) is 84.8 Å². The van der Waals surface area contributed by atoms with Crippen LogP contribution in [0.5, 0.6) is 11.5 Å². The first kappa shape index (κ1) is 30.8. The van der Waals surface area contributed by atoms with E-state index in [2.05, 4.69) is 93.8 Å². The molecule has 6 heteroatoms. The third kappa shape index (κ3) is 6.80. The third-order valence-corrected chi connectivity index (χ3v) is 8.85. The molecule has 0 unspecified atom stereocenters. The highest BCUT2D eigenvalue weighted by Gasteiger charge is 2.22. The van der Waals surface area contributed by atoms with Crippen LogP contribution in [0.15, 0.2) is 110 Å². The number of aromatic nitrogens is 5. The van der Waals surface area contributed by atoms with Gasteiger partial charge in [-0.1, -0.05) is 86.6 Å². The maximum atomic E-state index is 8.91. The van der Waals surface area contributed by atoms with Gasteiger partial charge in [-0.3, -0.25) is 18.7 Å². The molecular formula is C44H47N5O. The molecule has 4 aromatic heterocycles. The highest BCUT2D eigenvalue weighted by atomic mass is 16.5. The van der Waals surface area contributed by atoms with Crippen LogP contribution in [-0.4, -0.2) is 19.1 Å². The van der Waals surface area contributed by atoms with Gasteiger partial charge in [0, 0.05) is 50.4 Å². The van der Waals surface area contributed by atoms with Crippen molar-refractivity contribution in [3.8, 4) is 28.8 Å². The highest BCUT2D eigenvalue weighted by Crippen LogP contribution is 2.36. The van der Waals surface area contributed by atoms with Gasteiger partial charge in [-0.2, -0.15) is 0 Å². The van der Waals surface area contributed by atoms with Crippen molar-refractivity contribution in [2.24, 2.45) is 5.41 Å². The minimum Gasteiger partial charge on any atom is -0.458 e. The first-order chi connectivity index (χ1) is 24.4. The van der Waals surface area contributed by atoms with E-state index in [0.29, 0.717) is 28.7 Å². The molecule has 0 radical (unpaired) electrons. The number of hydrogen-bond donors (Lipinski definition) is 0. The molecule has 0 N–H and O–H groups in total. The van der Waals surface area contributed by atoms with Crippen LogP contribution in [0.1, 0.15) is 81.7 Å². The van der Waals surface area contributed by atoms with Gasteiger partial charge in [0.1, 0.15) is 17.3 Å².